The van der Waals surface area contributed by atoms with Gasteiger partial charge in [0.05, 0.1) is 18.2 Å². The highest BCUT2D eigenvalue weighted by atomic mass is 35.5. The fourth-order valence-corrected chi connectivity index (χ4v) is 1.95. The predicted molar refractivity (Wildman–Crippen MR) is 69.1 cm³/mol. The normalized spacial score (nSPS) is 10.9. The van der Waals surface area contributed by atoms with E-state index in [1.165, 1.54) is 0 Å². The highest BCUT2D eigenvalue weighted by Crippen LogP contribution is 2.35. The molecule has 90 valence electrons. The number of hydrogen-bond acceptors (Lipinski definition) is 3. The van der Waals surface area contributed by atoms with Gasteiger partial charge in [0.25, 0.3) is 0 Å². The van der Waals surface area contributed by atoms with Crippen molar-refractivity contribution >= 4 is 22.4 Å². The van der Waals surface area contributed by atoms with Crippen molar-refractivity contribution in [2.75, 3.05) is 7.11 Å². The van der Waals surface area contributed by atoms with Gasteiger partial charge in [-0.1, -0.05) is 11.6 Å². The van der Waals surface area contributed by atoms with E-state index in [-0.39, 0.29) is 6.10 Å². The summed E-state index contributed by atoms with van der Waals surface area (Å²) in [6.07, 6.45) is 1.76. The number of nitrogens with zero attached hydrogens (tertiary/aromatic N) is 1. The van der Waals surface area contributed by atoms with Gasteiger partial charge in [-0.05, 0) is 32.0 Å². The SMILES string of the molecule is COc1ccc2c(OC(C)C)nccc2c1Cl. The number of hydrogen-bond donors (Lipinski definition) is 0. The average molecular weight is 252 g/mol. The Morgan fingerprint density at radius 3 is 2.59 bits per heavy atom. The van der Waals surface area contributed by atoms with Crippen LogP contribution < -0.4 is 9.47 Å². The standard InChI is InChI=1S/C13H14ClNO2/c1-8(2)17-13-10-4-5-11(16-3)12(14)9(10)6-7-15-13/h4-8H,1-3H3. The summed E-state index contributed by atoms with van der Waals surface area (Å²) in [6.45, 7) is 3.93. The van der Waals surface area contributed by atoms with Crippen LogP contribution in [0, 0.1) is 0 Å². The Morgan fingerprint density at radius 2 is 1.94 bits per heavy atom. The van der Waals surface area contributed by atoms with Crippen LogP contribution in [0.25, 0.3) is 10.8 Å². The Kier molecular flexibility index (Phi) is 3.38. The first-order valence-corrected chi connectivity index (χ1v) is 5.79. The summed E-state index contributed by atoms with van der Waals surface area (Å²) in [5.74, 6) is 1.25. The van der Waals surface area contributed by atoms with Crippen LogP contribution in [0.5, 0.6) is 11.6 Å². The molecule has 0 aliphatic heterocycles. The largest absolute Gasteiger partial charge is 0.495 e. The summed E-state index contributed by atoms with van der Waals surface area (Å²) in [5, 5.41) is 2.37. The third-order valence-corrected chi connectivity index (χ3v) is 2.76. The van der Waals surface area contributed by atoms with E-state index in [1.807, 2.05) is 32.0 Å². The first kappa shape index (κ1) is 12.0. The topological polar surface area (TPSA) is 31.4 Å². The number of benzene rings is 1. The summed E-state index contributed by atoms with van der Waals surface area (Å²) >= 11 is 6.24. The van der Waals surface area contributed by atoms with Crippen molar-refractivity contribution in [3.63, 3.8) is 0 Å². The van der Waals surface area contributed by atoms with Gasteiger partial charge < -0.3 is 9.47 Å². The fraction of sp³-hybridized carbons (Fsp3) is 0.308. The highest BCUT2D eigenvalue weighted by molar-refractivity contribution is 6.37. The molecule has 0 aliphatic carbocycles. The molecule has 17 heavy (non-hydrogen) atoms. The minimum absolute atomic E-state index is 0.0778. The third-order valence-electron chi connectivity index (χ3n) is 2.37. The Balaban J connectivity index is 2.62. The molecule has 0 saturated heterocycles. The molecule has 1 heterocycles. The molecule has 2 aromatic rings. The van der Waals surface area contributed by atoms with Crippen LogP contribution >= 0.6 is 11.6 Å². The zero-order valence-electron chi connectivity index (χ0n) is 10.0. The minimum atomic E-state index is 0.0778. The van der Waals surface area contributed by atoms with E-state index >= 15 is 0 Å². The lowest BCUT2D eigenvalue weighted by Gasteiger charge is -2.12. The number of rotatable bonds is 3. The molecular formula is C13H14ClNO2. The van der Waals surface area contributed by atoms with Crippen LogP contribution in [-0.2, 0) is 0 Å². The fourth-order valence-electron chi connectivity index (χ4n) is 1.65. The van der Waals surface area contributed by atoms with E-state index < -0.39 is 0 Å². The second-order valence-electron chi connectivity index (χ2n) is 3.96. The summed E-state index contributed by atoms with van der Waals surface area (Å²) in [4.78, 5) is 4.22. The summed E-state index contributed by atoms with van der Waals surface area (Å²) in [6, 6.07) is 5.58. The number of ether oxygens (including phenoxy) is 2. The van der Waals surface area contributed by atoms with Crippen LogP contribution in [0.1, 0.15) is 13.8 Å². The van der Waals surface area contributed by atoms with Crippen molar-refractivity contribution < 1.29 is 9.47 Å². The smallest absolute Gasteiger partial charge is 0.221 e. The van der Waals surface area contributed by atoms with Gasteiger partial charge >= 0.3 is 0 Å². The van der Waals surface area contributed by atoms with Gasteiger partial charge in [-0.3, -0.25) is 0 Å². The van der Waals surface area contributed by atoms with E-state index in [0.717, 1.165) is 10.8 Å². The lowest BCUT2D eigenvalue weighted by molar-refractivity contribution is 0.236. The molecule has 2 rings (SSSR count). The molecule has 3 nitrogen and oxygen atoms in total. The van der Waals surface area contributed by atoms with Crippen molar-refractivity contribution in [3.8, 4) is 11.6 Å². The van der Waals surface area contributed by atoms with Crippen LogP contribution in [0.15, 0.2) is 24.4 Å². The molecule has 0 saturated carbocycles. The maximum absolute atomic E-state index is 6.24. The van der Waals surface area contributed by atoms with E-state index in [4.69, 9.17) is 21.1 Å². The number of fused-ring (bicyclic) bond motifs is 1. The van der Waals surface area contributed by atoms with E-state index in [2.05, 4.69) is 4.98 Å². The number of halogens is 1. The minimum Gasteiger partial charge on any atom is -0.495 e. The average Bonchev–Trinajstić information content (AvgIpc) is 2.30. The molecule has 1 aromatic carbocycles. The molecule has 0 atom stereocenters. The zero-order chi connectivity index (χ0) is 12.4. The summed E-state index contributed by atoms with van der Waals surface area (Å²) in [7, 11) is 1.60. The van der Waals surface area contributed by atoms with Crippen LogP contribution in [-0.4, -0.2) is 18.2 Å². The van der Waals surface area contributed by atoms with Gasteiger partial charge in [0, 0.05) is 17.0 Å². The molecule has 1 aromatic heterocycles. The first-order valence-electron chi connectivity index (χ1n) is 5.41. The molecular weight excluding hydrogens is 238 g/mol. The monoisotopic (exact) mass is 251 g/mol. The predicted octanol–water partition coefficient (Wildman–Crippen LogP) is 3.68. The molecule has 0 spiro atoms. The Labute approximate surface area is 105 Å². The van der Waals surface area contributed by atoms with E-state index in [9.17, 15) is 0 Å². The zero-order valence-corrected chi connectivity index (χ0v) is 10.8. The van der Waals surface area contributed by atoms with E-state index in [0.29, 0.717) is 16.7 Å². The van der Waals surface area contributed by atoms with Gasteiger partial charge in [0.2, 0.25) is 5.88 Å². The van der Waals surface area contributed by atoms with Crippen molar-refractivity contribution in [1.29, 1.82) is 0 Å². The highest BCUT2D eigenvalue weighted by Gasteiger charge is 2.11. The molecule has 0 aliphatic rings. The maximum atomic E-state index is 6.24. The van der Waals surface area contributed by atoms with Crippen LogP contribution in [0.2, 0.25) is 5.02 Å². The molecule has 0 amide bonds. The van der Waals surface area contributed by atoms with Crippen molar-refractivity contribution in [2.45, 2.75) is 20.0 Å². The first-order chi connectivity index (χ1) is 8.13. The van der Waals surface area contributed by atoms with Crippen molar-refractivity contribution in [1.82, 2.24) is 4.98 Å². The Hall–Kier alpha value is -1.48. The van der Waals surface area contributed by atoms with E-state index in [1.54, 1.807) is 13.3 Å². The second-order valence-corrected chi connectivity index (χ2v) is 4.34. The molecule has 0 fully saturated rings. The van der Waals surface area contributed by atoms with Gasteiger partial charge in [-0.2, -0.15) is 0 Å². The molecule has 0 bridgehead atoms. The Bertz CT molecular complexity index is 540. The Morgan fingerprint density at radius 1 is 1.18 bits per heavy atom. The second kappa shape index (κ2) is 4.80. The van der Waals surface area contributed by atoms with Crippen LogP contribution in [0.3, 0.4) is 0 Å². The quantitative estimate of drug-likeness (QED) is 0.834. The lowest BCUT2D eigenvalue weighted by atomic mass is 10.1. The van der Waals surface area contributed by atoms with Crippen LogP contribution in [0.4, 0.5) is 0 Å². The van der Waals surface area contributed by atoms with Gasteiger partial charge in [-0.25, -0.2) is 4.98 Å². The molecule has 0 unspecified atom stereocenters. The number of methoxy groups -OCH3 is 1. The maximum Gasteiger partial charge on any atom is 0.221 e. The van der Waals surface area contributed by atoms with Gasteiger partial charge in [0.1, 0.15) is 5.75 Å². The number of pyridine rings is 1. The summed E-state index contributed by atoms with van der Waals surface area (Å²) < 4.78 is 10.8. The summed E-state index contributed by atoms with van der Waals surface area (Å²) in [5.41, 5.74) is 0. The number of aromatic nitrogens is 1. The van der Waals surface area contributed by atoms with Crippen molar-refractivity contribution in [3.05, 3.63) is 29.4 Å². The molecule has 0 N–H and O–H groups in total. The van der Waals surface area contributed by atoms with Gasteiger partial charge in [-0.15, -0.1) is 0 Å². The lowest BCUT2D eigenvalue weighted by Crippen LogP contribution is -2.07. The molecule has 4 heteroatoms. The molecule has 0 radical (unpaired) electrons. The van der Waals surface area contributed by atoms with Crippen molar-refractivity contribution in [2.24, 2.45) is 0 Å². The third kappa shape index (κ3) is 2.29. The van der Waals surface area contributed by atoms with Gasteiger partial charge in [0.15, 0.2) is 0 Å².